The Labute approximate surface area is 184 Å². The lowest BCUT2D eigenvalue weighted by molar-refractivity contribution is 0.0997. The molecule has 4 rings (SSSR count). The maximum absolute atomic E-state index is 12.7. The van der Waals surface area contributed by atoms with Crippen LogP contribution < -0.4 is 15.4 Å². The Morgan fingerprint density at radius 1 is 1.10 bits per heavy atom. The van der Waals surface area contributed by atoms with Crippen molar-refractivity contribution in [2.24, 2.45) is 0 Å². The van der Waals surface area contributed by atoms with Gasteiger partial charge in [0, 0.05) is 16.6 Å². The van der Waals surface area contributed by atoms with E-state index in [1.807, 2.05) is 42.5 Å². The van der Waals surface area contributed by atoms with Gasteiger partial charge in [0.1, 0.15) is 16.6 Å². The van der Waals surface area contributed by atoms with E-state index in [9.17, 15) is 4.79 Å². The fourth-order valence-electron chi connectivity index (χ4n) is 3.37. The van der Waals surface area contributed by atoms with Crippen LogP contribution >= 0.6 is 11.3 Å². The molecular formula is C24H23N3O3S. The molecule has 0 radical (unpaired) electrons. The minimum atomic E-state index is -0.279. The molecule has 31 heavy (non-hydrogen) atoms. The molecule has 0 unspecified atom stereocenters. The van der Waals surface area contributed by atoms with Crippen molar-refractivity contribution in [3.8, 4) is 5.75 Å². The highest BCUT2D eigenvalue weighted by Gasteiger charge is 2.25. The Balaban J connectivity index is 1.77. The Morgan fingerprint density at radius 2 is 1.90 bits per heavy atom. The molecule has 0 bridgehead atoms. The predicted octanol–water partition coefficient (Wildman–Crippen LogP) is 5.82. The highest BCUT2D eigenvalue weighted by molar-refractivity contribution is 7.16. The van der Waals surface area contributed by atoms with Crippen molar-refractivity contribution in [2.45, 2.75) is 19.9 Å². The number of hydrogen-bond donors (Lipinski definition) is 2. The van der Waals surface area contributed by atoms with E-state index in [1.165, 1.54) is 6.26 Å². The number of thiophene rings is 1. The van der Waals surface area contributed by atoms with Gasteiger partial charge in [0.15, 0.2) is 5.76 Å². The molecule has 0 fully saturated rings. The molecule has 4 aromatic rings. The number of aryl methyl sites for hydroxylation is 1. The minimum Gasteiger partial charge on any atom is -0.497 e. The van der Waals surface area contributed by atoms with Gasteiger partial charge in [-0.05, 0) is 61.4 Å². The van der Waals surface area contributed by atoms with Gasteiger partial charge in [-0.2, -0.15) is 0 Å². The van der Waals surface area contributed by atoms with Crippen molar-refractivity contribution in [1.82, 2.24) is 4.98 Å². The number of nitrogens with one attached hydrogen (secondary N) is 2. The summed E-state index contributed by atoms with van der Waals surface area (Å²) in [7, 11) is 1.65. The lowest BCUT2D eigenvalue weighted by atomic mass is 9.96. The highest BCUT2D eigenvalue weighted by Crippen LogP contribution is 2.41. The number of pyridine rings is 1. The topological polar surface area (TPSA) is 76.4 Å². The molecule has 0 aliphatic heterocycles. The minimum absolute atomic E-state index is 0.224. The second-order valence-corrected chi connectivity index (χ2v) is 8.25. The number of rotatable bonds is 7. The monoisotopic (exact) mass is 433 g/mol. The van der Waals surface area contributed by atoms with E-state index in [0.717, 1.165) is 38.1 Å². The van der Waals surface area contributed by atoms with Crippen molar-refractivity contribution in [3.05, 3.63) is 94.4 Å². The largest absolute Gasteiger partial charge is 0.497 e. The molecule has 3 heterocycles. The Bertz CT molecular complexity index is 1150. The number of ether oxygens (including phenoxy) is 1. The first-order valence-corrected chi connectivity index (χ1v) is 10.6. The fraction of sp³-hybridized carbons (Fsp3) is 0.167. The molecule has 6 nitrogen and oxygen atoms in total. The van der Waals surface area contributed by atoms with Gasteiger partial charge in [0.2, 0.25) is 0 Å². The highest BCUT2D eigenvalue weighted by atomic mass is 32.1. The smallest absolute Gasteiger partial charge is 0.291 e. The molecular weight excluding hydrogens is 410 g/mol. The summed E-state index contributed by atoms with van der Waals surface area (Å²) in [5, 5.41) is 7.34. The number of hydrogen-bond acceptors (Lipinski definition) is 6. The van der Waals surface area contributed by atoms with E-state index >= 15 is 0 Å². The first-order chi connectivity index (χ1) is 15.1. The van der Waals surface area contributed by atoms with E-state index in [4.69, 9.17) is 9.15 Å². The third kappa shape index (κ3) is 4.46. The molecule has 7 heteroatoms. The van der Waals surface area contributed by atoms with Gasteiger partial charge < -0.3 is 19.8 Å². The van der Waals surface area contributed by atoms with Crippen LogP contribution in [0.1, 0.15) is 38.2 Å². The molecule has 0 saturated heterocycles. The number of aromatic nitrogens is 1. The van der Waals surface area contributed by atoms with Crippen molar-refractivity contribution in [1.29, 1.82) is 0 Å². The van der Waals surface area contributed by atoms with Crippen LogP contribution in [0.15, 0.2) is 71.5 Å². The zero-order chi connectivity index (χ0) is 21.8. The van der Waals surface area contributed by atoms with E-state index in [0.29, 0.717) is 0 Å². The van der Waals surface area contributed by atoms with Crippen molar-refractivity contribution in [2.75, 3.05) is 17.7 Å². The average molecular weight is 434 g/mol. The van der Waals surface area contributed by atoms with Crippen LogP contribution in [0.3, 0.4) is 0 Å². The van der Waals surface area contributed by atoms with E-state index in [1.54, 1.807) is 36.8 Å². The van der Waals surface area contributed by atoms with Crippen molar-refractivity contribution in [3.63, 3.8) is 0 Å². The lowest BCUT2D eigenvalue weighted by Crippen LogP contribution is -2.17. The zero-order valence-corrected chi connectivity index (χ0v) is 18.3. The van der Waals surface area contributed by atoms with Gasteiger partial charge in [-0.25, -0.2) is 4.98 Å². The summed E-state index contributed by atoms with van der Waals surface area (Å²) >= 11 is 1.55. The molecule has 0 saturated carbocycles. The number of amides is 1. The molecule has 2 N–H and O–H groups in total. The molecule has 0 aliphatic rings. The zero-order valence-electron chi connectivity index (χ0n) is 17.5. The van der Waals surface area contributed by atoms with Gasteiger partial charge in [0.05, 0.1) is 19.4 Å². The number of benzene rings is 1. The molecule has 158 valence electrons. The fourth-order valence-corrected chi connectivity index (χ4v) is 4.47. The first-order valence-electron chi connectivity index (χ1n) is 9.83. The third-order valence-electron chi connectivity index (χ3n) is 5.10. The Morgan fingerprint density at radius 3 is 2.55 bits per heavy atom. The molecule has 0 aliphatic carbocycles. The normalized spacial score (nSPS) is 11.7. The Hall–Kier alpha value is -3.58. The van der Waals surface area contributed by atoms with Crippen LogP contribution in [0, 0.1) is 13.8 Å². The number of carbonyl (C=O) groups is 1. The SMILES string of the molecule is COc1ccc([C@@H](Nc2ccccn2)c2c(NC(=O)c3ccco3)sc(C)c2C)cc1. The van der Waals surface area contributed by atoms with Gasteiger partial charge >= 0.3 is 0 Å². The summed E-state index contributed by atoms with van der Waals surface area (Å²) in [4.78, 5) is 18.3. The average Bonchev–Trinajstić information content (AvgIpc) is 3.42. The number of anilines is 2. The van der Waals surface area contributed by atoms with Gasteiger partial charge in [-0.15, -0.1) is 11.3 Å². The lowest BCUT2D eigenvalue weighted by Gasteiger charge is -2.22. The van der Waals surface area contributed by atoms with Crippen molar-refractivity contribution < 1.29 is 13.9 Å². The third-order valence-corrected chi connectivity index (χ3v) is 6.24. The molecule has 0 spiro atoms. The van der Waals surface area contributed by atoms with Crippen LogP contribution in [-0.2, 0) is 0 Å². The summed E-state index contributed by atoms with van der Waals surface area (Å²) < 4.78 is 10.6. The second kappa shape index (κ2) is 9.06. The van der Waals surface area contributed by atoms with Crippen LogP contribution in [0.4, 0.5) is 10.8 Å². The quantitative estimate of drug-likeness (QED) is 0.384. The molecule has 1 aromatic carbocycles. The molecule has 3 aromatic heterocycles. The number of methoxy groups -OCH3 is 1. The van der Waals surface area contributed by atoms with Crippen LogP contribution in [0.25, 0.3) is 0 Å². The van der Waals surface area contributed by atoms with Crippen LogP contribution in [-0.4, -0.2) is 18.0 Å². The van der Waals surface area contributed by atoms with Gasteiger partial charge in [-0.1, -0.05) is 18.2 Å². The number of carbonyl (C=O) groups excluding carboxylic acids is 1. The van der Waals surface area contributed by atoms with E-state index in [-0.39, 0.29) is 17.7 Å². The predicted molar refractivity (Wildman–Crippen MR) is 123 cm³/mol. The maximum atomic E-state index is 12.7. The van der Waals surface area contributed by atoms with E-state index < -0.39 is 0 Å². The Kier molecular flexibility index (Phi) is 6.04. The summed E-state index contributed by atoms with van der Waals surface area (Å²) in [6, 6.07) is 16.8. The standard InChI is InChI=1S/C24H23N3O3S/c1-15-16(2)31-24(27-23(28)19-7-6-14-30-19)21(15)22(26-20-8-4-5-13-25-20)17-9-11-18(29-3)12-10-17/h4-14,22H,1-3H3,(H,25,26)(H,27,28)/t22-/m1/s1. The first kappa shape index (κ1) is 20.7. The maximum Gasteiger partial charge on any atom is 0.291 e. The molecule has 1 amide bonds. The van der Waals surface area contributed by atoms with Crippen LogP contribution in [0.2, 0.25) is 0 Å². The number of nitrogens with zero attached hydrogens (tertiary/aromatic N) is 1. The second-order valence-electron chi connectivity index (χ2n) is 7.02. The molecule has 1 atom stereocenters. The van der Waals surface area contributed by atoms with Gasteiger partial charge in [-0.3, -0.25) is 4.79 Å². The summed E-state index contributed by atoms with van der Waals surface area (Å²) in [6.07, 6.45) is 3.24. The summed E-state index contributed by atoms with van der Waals surface area (Å²) in [5.74, 6) is 1.52. The summed E-state index contributed by atoms with van der Waals surface area (Å²) in [5.41, 5.74) is 3.14. The number of furan rings is 1. The van der Waals surface area contributed by atoms with Crippen LogP contribution in [0.5, 0.6) is 5.75 Å². The van der Waals surface area contributed by atoms with E-state index in [2.05, 4.69) is 29.5 Å². The van der Waals surface area contributed by atoms with Crippen molar-refractivity contribution >= 4 is 28.1 Å². The summed E-state index contributed by atoms with van der Waals surface area (Å²) in [6.45, 7) is 4.12. The van der Waals surface area contributed by atoms with Gasteiger partial charge in [0.25, 0.3) is 5.91 Å².